The number of benzene rings is 1. The number of nitrogens with zero attached hydrogens (tertiary/aromatic N) is 1. The van der Waals surface area contributed by atoms with Gasteiger partial charge in [-0.15, -0.1) is 11.6 Å². The number of anilines is 1. The number of hydrogen-bond donors (Lipinski definition) is 1. The van der Waals surface area contributed by atoms with E-state index in [-0.39, 0.29) is 16.9 Å². The van der Waals surface area contributed by atoms with E-state index in [0.717, 1.165) is 6.07 Å². The van der Waals surface area contributed by atoms with Gasteiger partial charge in [-0.3, -0.25) is 10.1 Å². The maximum absolute atomic E-state index is 13.2. The molecule has 2 N–H and O–H groups in total. The molecule has 6 heteroatoms. The van der Waals surface area contributed by atoms with Gasteiger partial charge in [0.2, 0.25) is 0 Å². The lowest BCUT2D eigenvalue weighted by Gasteiger charge is -2.02. The predicted octanol–water partition coefficient (Wildman–Crippen LogP) is 2.96. The van der Waals surface area contributed by atoms with Gasteiger partial charge in [0, 0.05) is 17.5 Å². The first-order chi connectivity index (χ1) is 7.56. The van der Waals surface area contributed by atoms with E-state index in [1.54, 1.807) is 6.08 Å². The number of nitrogen functional groups attached to an aromatic ring is 1. The summed E-state index contributed by atoms with van der Waals surface area (Å²) in [7, 11) is 0. The van der Waals surface area contributed by atoms with Crippen molar-refractivity contribution in [2.75, 3.05) is 11.6 Å². The first-order valence-electron chi connectivity index (χ1n) is 4.52. The predicted molar refractivity (Wildman–Crippen MR) is 61.8 cm³/mol. The molecule has 1 aromatic carbocycles. The molecule has 0 spiro atoms. The van der Waals surface area contributed by atoms with Gasteiger partial charge < -0.3 is 5.73 Å². The molecule has 0 saturated heterocycles. The number of nitrogens with two attached hydrogens (primary N) is 1. The van der Waals surface area contributed by atoms with Crippen LogP contribution in [0, 0.1) is 15.9 Å². The van der Waals surface area contributed by atoms with E-state index in [1.165, 1.54) is 12.1 Å². The largest absolute Gasteiger partial charge is 0.396 e. The average molecular weight is 245 g/mol. The number of nitro benzene ring substituents is 1. The molecule has 0 aliphatic carbocycles. The van der Waals surface area contributed by atoms with E-state index in [4.69, 9.17) is 17.3 Å². The minimum absolute atomic E-state index is 0.101. The second kappa shape index (κ2) is 5.46. The number of rotatable bonds is 4. The quantitative estimate of drug-likeness (QED) is 0.383. The summed E-state index contributed by atoms with van der Waals surface area (Å²) in [4.78, 5) is 9.83. The highest BCUT2D eigenvalue weighted by atomic mass is 35.5. The van der Waals surface area contributed by atoms with E-state index in [0.29, 0.717) is 12.3 Å². The summed E-state index contributed by atoms with van der Waals surface area (Å²) in [5.41, 5.74) is 5.32. The van der Waals surface area contributed by atoms with Crippen molar-refractivity contribution in [2.45, 2.75) is 6.42 Å². The number of nitro groups is 1. The van der Waals surface area contributed by atoms with Crippen molar-refractivity contribution in [3.8, 4) is 0 Å². The summed E-state index contributed by atoms with van der Waals surface area (Å²) in [6.07, 6.45) is 3.79. The van der Waals surface area contributed by atoms with Gasteiger partial charge in [-0.05, 0) is 6.42 Å². The monoisotopic (exact) mass is 244 g/mol. The molecule has 0 saturated carbocycles. The van der Waals surface area contributed by atoms with E-state index < -0.39 is 10.7 Å². The molecule has 0 aromatic heterocycles. The van der Waals surface area contributed by atoms with E-state index in [2.05, 4.69) is 0 Å². The Morgan fingerprint density at radius 2 is 2.25 bits per heavy atom. The Balaban J connectivity index is 3.11. The molecule has 1 aromatic rings. The van der Waals surface area contributed by atoms with E-state index in [1.807, 2.05) is 0 Å². The van der Waals surface area contributed by atoms with Gasteiger partial charge in [0.05, 0.1) is 16.7 Å². The maximum atomic E-state index is 13.2. The molecule has 0 amide bonds. The topological polar surface area (TPSA) is 69.2 Å². The second-order valence-electron chi connectivity index (χ2n) is 3.07. The van der Waals surface area contributed by atoms with E-state index in [9.17, 15) is 14.5 Å². The number of alkyl halides is 1. The first kappa shape index (κ1) is 12.4. The van der Waals surface area contributed by atoms with Crippen molar-refractivity contribution >= 4 is 29.1 Å². The number of halogens is 2. The number of non-ortho nitro benzene ring substituents is 1. The fraction of sp³-hybridized carbons (Fsp3) is 0.200. The molecule has 1 rings (SSSR count). The third-order valence-electron chi connectivity index (χ3n) is 1.93. The Labute approximate surface area is 96.7 Å². The molecule has 16 heavy (non-hydrogen) atoms. The Hall–Kier alpha value is -1.62. The summed E-state index contributed by atoms with van der Waals surface area (Å²) in [5.74, 6) is -0.368. The van der Waals surface area contributed by atoms with Crippen molar-refractivity contribution in [2.24, 2.45) is 0 Å². The van der Waals surface area contributed by atoms with Gasteiger partial charge in [0.25, 0.3) is 5.69 Å². The van der Waals surface area contributed by atoms with Crippen LogP contribution in [0.3, 0.4) is 0 Å². The molecule has 0 aliphatic heterocycles. The molecule has 0 radical (unpaired) electrons. The Morgan fingerprint density at radius 3 is 2.81 bits per heavy atom. The highest BCUT2D eigenvalue weighted by Gasteiger charge is 2.12. The van der Waals surface area contributed by atoms with Gasteiger partial charge in [0.15, 0.2) is 5.82 Å². The first-order valence-corrected chi connectivity index (χ1v) is 5.05. The third-order valence-corrected chi connectivity index (χ3v) is 2.15. The normalized spacial score (nSPS) is 10.9. The molecule has 0 bridgehead atoms. The highest BCUT2D eigenvalue weighted by molar-refractivity contribution is 6.17. The number of hydrogen-bond acceptors (Lipinski definition) is 3. The summed E-state index contributed by atoms with van der Waals surface area (Å²) in [5, 5.41) is 10.5. The lowest BCUT2D eigenvalue weighted by Crippen LogP contribution is -1.97. The maximum Gasteiger partial charge on any atom is 0.273 e. The van der Waals surface area contributed by atoms with Crippen LogP contribution in [0.15, 0.2) is 18.2 Å². The lowest BCUT2D eigenvalue weighted by molar-refractivity contribution is -0.385. The number of allylic oxidation sites excluding steroid dienone is 1. The molecule has 0 aliphatic rings. The summed E-state index contributed by atoms with van der Waals surface area (Å²) >= 11 is 5.46. The van der Waals surface area contributed by atoms with Gasteiger partial charge in [0.1, 0.15) is 0 Å². The Morgan fingerprint density at radius 1 is 1.56 bits per heavy atom. The zero-order chi connectivity index (χ0) is 12.1. The van der Waals surface area contributed by atoms with Crippen molar-refractivity contribution in [1.29, 1.82) is 0 Å². The minimum atomic E-state index is -0.792. The van der Waals surface area contributed by atoms with Crippen molar-refractivity contribution in [3.63, 3.8) is 0 Å². The zero-order valence-electron chi connectivity index (χ0n) is 8.32. The molecule has 0 unspecified atom stereocenters. The molecule has 86 valence electrons. The van der Waals surface area contributed by atoms with Crippen molar-refractivity contribution in [3.05, 3.63) is 39.7 Å². The summed E-state index contributed by atoms with van der Waals surface area (Å²) in [6, 6.07) is 2.03. The van der Waals surface area contributed by atoms with Crippen LogP contribution in [0.4, 0.5) is 15.8 Å². The van der Waals surface area contributed by atoms with Gasteiger partial charge in [-0.1, -0.05) is 12.2 Å². The Kier molecular flexibility index (Phi) is 4.25. The fourth-order valence-corrected chi connectivity index (χ4v) is 1.27. The van der Waals surface area contributed by atoms with Gasteiger partial charge in [-0.25, -0.2) is 4.39 Å². The average Bonchev–Trinajstić information content (AvgIpc) is 2.24. The van der Waals surface area contributed by atoms with Gasteiger partial charge >= 0.3 is 0 Å². The van der Waals surface area contributed by atoms with Crippen LogP contribution in [0.25, 0.3) is 6.08 Å². The standard InChI is InChI=1S/C10H10ClFN2O2/c11-4-2-1-3-7-5-8(14(15)16)6-9(12)10(7)13/h1,3,5-6H,2,4,13H2. The van der Waals surface area contributed by atoms with Crippen molar-refractivity contribution < 1.29 is 9.31 Å². The van der Waals surface area contributed by atoms with Crippen LogP contribution in [0.2, 0.25) is 0 Å². The SMILES string of the molecule is Nc1c(F)cc([N+](=O)[O-])cc1C=CCCCl. The van der Waals surface area contributed by atoms with Crippen LogP contribution >= 0.6 is 11.6 Å². The second-order valence-corrected chi connectivity index (χ2v) is 3.45. The van der Waals surface area contributed by atoms with Crippen LogP contribution in [-0.4, -0.2) is 10.8 Å². The molecule has 4 nitrogen and oxygen atoms in total. The molecule has 0 heterocycles. The fourth-order valence-electron chi connectivity index (χ4n) is 1.14. The van der Waals surface area contributed by atoms with Crippen LogP contribution in [0.1, 0.15) is 12.0 Å². The van der Waals surface area contributed by atoms with Crippen LogP contribution < -0.4 is 5.73 Å². The van der Waals surface area contributed by atoms with Crippen molar-refractivity contribution in [1.82, 2.24) is 0 Å². The van der Waals surface area contributed by atoms with Crippen LogP contribution in [-0.2, 0) is 0 Å². The van der Waals surface area contributed by atoms with E-state index >= 15 is 0 Å². The summed E-state index contributed by atoms with van der Waals surface area (Å²) < 4.78 is 13.2. The summed E-state index contributed by atoms with van der Waals surface area (Å²) in [6.45, 7) is 0. The molecule has 0 atom stereocenters. The molecular formula is C10H10ClFN2O2. The molecule has 0 fully saturated rings. The smallest absolute Gasteiger partial charge is 0.273 e. The minimum Gasteiger partial charge on any atom is -0.396 e. The van der Waals surface area contributed by atoms with Gasteiger partial charge in [-0.2, -0.15) is 0 Å². The zero-order valence-corrected chi connectivity index (χ0v) is 9.08. The lowest BCUT2D eigenvalue weighted by atomic mass is 10.1. The van der Waals surface area contributed by atoms with Crippen LogP contribution in [0.5, 0.6) is 0 Å². The third kappa shape index (κ3) is 2.93. The molecular weight excluding hydrogens is 235 g/mol. The Bertz CT molecular complexity index is 435. The highest BCUT2D eigenvalue weighted by Crippen LogP contribution is 2.24.